The van der Waals surface area contributed by atoms with Crippen molar-refractivity contribution in [1.82, 2.24) is 19.9 Å². The minimum absolute atomic E-state index is 0.536. The number of hydrogen-bond acceptors (Lipinski definition) is 3. The predicted octanol–water partition coefficient (Wildman–Crippen LogP) is 2.35. The van der Waals surface area contributed by atoms with Gasteiger partial charge in [-0.3, -0.25) is 0 Å². The molecule has 0 aliphatic carbocycles. The maximum atomic E-state index is 4.72. The maximum absolute atomic E-state index is 4.72. The van der Waals surface area contributed by atoms with Gasteiger partial charge in [0.25, 0.3) is 0 Å². The molecule has 1 unspecified atom stereocenters. The fraction of sp³-hybridized carbons (Fsp3) is 0.333. The van der Waals surface area contributed by atoms with E-state index in [9.17, 15) is 0 Å². The zero-order valence-electron chi connectivity index (χ0n) is 10.7. The van der Waals surface area contributed by atoms with Crippen molar-refractivity contribution < 1.29 is 0 Å². The summed E-state index contributed by atoms with van der Waals surface area (Å²) in [4.78, 5) is 4.50. The summed E-state index contributed by atoms with van der Waals surface area (Å²) >= 11 is 0. The second-order valence-corrected chi connectivity index (χ2v) is 5.17. The van der Waals surface area contributed by atoms with Crippen LogP contribution in [0.5, 0.6) is 0 Å². The first-order valence-electron chi connectivity index (χ1n) is 6.86. The molecule has 1 aliphatic rings. The van der Waals surface area contributed by atoms with Crippen LogP contribution in [0.25, 0.3) is 16.6 Å². The highest BCUT2D eigenvalue weighted by Crippen LogP contribution is 2.26. The first-order valence-corrected chi connectivity index (χ1v) is 6.86. The molecule has 3 aromatic rings. The molecule has 1 fully saturated rings. The van der Waals surface area contributed by atoms with Crippen molar-refractivity contribution in [2.45, 2.75) is 18.8 Å². The van der Waals surface area contributed by atoms with Crippen LogP contribution in [0.2, 0.25) is 0 Å². The molecule has 0 bridgehead atoms. The van der Waals surface area contributed by atoms with Gasteiger partial charge in [0.2, 0.25) is 0 Å². The third-order valence-electron chi connectivity index (χ3n) is 3.96. The summed E-state index contributed by atoms with van der Waals surface area (Å²) in [6, 6.07) is 10.3. The van der Waals surface area contributed by atoms with Gasteiger partial charge in [-0.1, -0.05) is 12.1 Å². The number of aromatic nitrogens is 3. The Bertz CT molecular complexity index is 725. The van der Waals surface area contributed by atoms with Crippen LogP contribution in [0.15, 0.2) is 36.5 Å². The highest BCUT2D eigenvalue weighted by molar-refractivity contribution is 5.91. The van der Waals surface area contributed by atoms with Crippen molar-refractivity contribution in [2.24, 2.45) is 0 Å². The van der Waals surface area contributed by atoms with Gasteiger partial charge in [0.15, 0.2) is 5.65 Å². The summed E-state index contributed by atoms with van der Waals surface area (Å²) < 4.78 is 2.03. The first kappa shape index (κ1) is 10.9. The van der Waals surface area contributed by atoms with Crippen LogP contribution in [-0.4, -0.2) is 27.7 Å². The van der Waals surface area contributed by atoms with Crippen LogP contribution in [-0.2, 0) is 0 Å². The molecule has 19 heavy (non-hydrogen) atoms. The molecule has 1 atom stereocenters. The van der Waals surface area contributed by atoms with Crippen molar-refractivity contribution >= 4 is 16.6 Å². The van der Waals surface area contributed by atoms with Crippen molar-refractivity contribution in [3.63, 3.8) is 0 Å². The lowest BCUT2D eigenvalue weighted by molar-refractivity contribution is 0.448. The number of piperidine rings is 1. The average molecular weight is 252 g/mol. The molecule has 1 aliphatic heterocycles. The van der Waals surface area contributed by atoms with Crippen LogP contribution >= 0.6 is 0 Å². The van der Waals surface area contributed by atoms with E-state index in [1.165, 1.54) is 18.5 Å². The van der Waals surface area contributed by atoms with Crippen LogP contribution in [0, 0.1) is 0 Å². The number of rotatable bonds is 1. The van der Waals surface area contributed by atoms with Gasteiger partial charge in [0.05, 0.1) is 11.2 Å². The number of nitrogens with one attached hydrogen (secondary N) is 1. The molecule has 4 heteroatoms. The summed E-state index contributed by atoms with van der Waals surface area (Å²) in [7, 11) is 0. The van der Waals surface area contributed by atoms with Gasteiger partial charge >= 0.3 is 0 Å². The zero-order valence-corrected chi connectivity index (χ0v) is 10.7. The molecule has 4 rings (SSSR count). The molecular formula is C15H16N4. The second-order valence-electron chi connectivity index (χ2n) is 5.17. The Hall–Kier alpha value is -1.94. The number of nitrogens with zero attached hydrogens (tertiary/aromatic N) is 3. The standard InChI is InChI=1S/C15H16N4/c1-2-6-13-12(5-1)15-17-9-7-14(19(15)18-13)11-4-3-8-16-10-11/h1-2,5-7,9,11,16H,3-4,8,10H2. The first-order chi connectivity index (χ1) is 9.43. The molecule has 0 saturated carbocycles. The van der Waals surface area contributed by atoms with Gasteiger partial charge < -0.3 is 5.32 Å². The summed E-state index contributed by atoms with van der Waals surface area (Å²) in [6.07, 6.45) is 4.37. The molecule has 1 aromatic carbocycles. The normalized spacial score (nSPS) is 20.1. The van der Waals surface area contributed by atoms with E-state index in [2.05, 4.69) is 22.4 Å². The van der Waals surface area contributed by atoms with Crippen LogP contribution in [0.1, 0.15) is 24.5 Å². The summed E-state index contributed by atoms with van der Waals surface area (Å²) in [6.45, 7) is 2.17. The van der Waals surface area contributed by atoms with E-state index < -0.39 is 0 Å². The topological polar surface area (TPSA) is 42.2 Å². The highest BCUT2D eigenvalue weighted by atomic mass is 15.3. The van der Waals surface area contributed by atoms with E-state index in [0.717, 1.165) is 29.6 Å². The van der Waals surface area contributed by atoms with Gasteiger partial charge in [-0.15, -0.1) is 0 Å². The number of benzene rings is 1. The fourth-order valence-electron chi connectivity index (χ4n) is 2.99. The minimum atomic E-state index is 0.536. The Morgan fingerprint density at radius 3 is 3.05 bits per heavy atom. The molecular weight excluding hydrogens is 236 g/mol. The minimum Gasteiger partial charge on any atom is -0.316 e. The molecule has 2 aromatic heterocycles. The van der Waals surface area contributed by atoms with Crippen molar-refractivity contribution in [3.8, 4) is 0 Å². The van der Waals surface area contributed by atoms with E-state index in [-0.39, 0.29) is 0 Å². The monoisotopic (exact) mass is 252 g/mol. The van der Waals surface area contributed by atoms with E-state index in [1.807, 2.05) is 28.9 Å². The Balaban J connectivity index is 1.95. The van der Waals surface area contributed by atoms with Crippen molar-refractivity contribution in [2.75, 3.05) is 13.1 Å². The molecule has 1 N–H and O–H groups in total. The van der Waals surface area contributed by atoms with Gasteiger partial charge in [0.1, 0.15) is 0 Å². The third kappa shape index (κ3) is 1.71. The smallest absolute Gasteiger partial charge is 0.163 e. The van der Waals surface area contributed by atoms with E-state index in [4.69, 9.17) is 5.10 Å². The molecule has 0 amide bonds. The summed E-state index contributed by atoms with van der Waals surface area (Å²) in [5.74, 6) is 0.536. The van der Waals surface area contributed by atoms with Crippen molar-refractivity contribution in [3.05, 3.63) is 42.2 Å². The van der Waals surface area contributed by atoms with Gasteiger partial charge in [-0.25, -0.2) is 9.50 Å². The van der Waals surface area contributed by atoms with E-state index >= 15 is 0 Å². The lowest BCUT2D eigenvalue weighted by atomic mass is 9.96. The lowest BCUT2D eigenvalue weighted by Crippen LogP contribution is -2.29. The van der Waals surface area contributed by atoms with Crippen LogP contribution in [0.4, 0.5) is 0 Å². The maximum Gasteiger partial charge on any atom is 0.163 e. The van der Waals surface area contributed by atoms with Crippen LogP contribution in [0.3, 0.4) is 0 Å². The quantitative estimate of drug-likeness (QED) is 0.723. The summed E-state index contributed by atoms with van der Waals surface area (Å²) in [5, 5.41) is 9.32. The van der Waals surface area contributed by atoms with Crippen LogP contribution < -0.4 is 5.32 Å². The highest BCUT2D eigenvalue weighted by Gasteiger charge is 2.19. The average Bonchev–Trinajstić information content (AvgIpc) is 2.87. The Labute approximate surface area is 111 Å². The third-order valence-corrected chi connectivity index (χ3v) is 3.96. The number of hydrogen-bond donors (Lipinski definition) is 1. The zero-order chi connectivity index (χ0) is 12.7. The summed E-state index contributed by atoms with van der Waals surface area (Å²) in [5.41, 5.74) is 3.26. The fourth-order valence-corrected chi connectivity index (χ4v) is 2.99. The molecule has 0 spiro atoms. The van der Waals surface area contributed by atoms with E-state index in [0.29, 0.717) is 5.92 Å². The Morgan fingerprint density at radius 2 is 2.16 bits per heavy atom. The number of fused-ring (bicyclic) bond motifs is 3. The lowest BCUT2D eigenvalue weighted by Gasteiger charge is -2.23. The van der Waals surface area contributed by atoms with Gasteiger partial charge in [-0.2, -0.15) is 5.10 Å². The van der Waals surface area contributed by atoms with Crippen molar-refractivity contribution in [1.29, 1.82) is 0 Å². The van der Waals surface area contributed by atoms with Gasteiger partial charge in [-0.05, 0) is 37.6 Å². The molecule has 1 saturated heterocycles. The van der Waals surface area contributed by atoms with E-state index in [1.54, 1.807) is 0 Å². The Kier molecular flexibility index (Phi) is 2.48. The molecule has 0 radical (unpaired) electrons. The SMILES string of the molecule is c1ccc2c(c1)nn1c(C3CCCNC3)ccnc21. The molecule has 4 nitrogen and oxygen atoms in total. The largest absolute Gasteiger partial charge is 0.316 e. The second kappa shape index (κ2) is 4.31. The molecule has 96 valence electrons. The van der Waals surface area contributed by atoms with Gasteiger partial charge in [0, 0.05) is 24.0 Å². The Morgan fingerprint density at radius 1 is 1.21 bits per heavy atom. The predicted molar refractivity (Wildman–Crippen MR) is 75.3 cm³/mol. The molecule has 3 heterocycles.